The molecule has 1 rings (SSSR count). The first kappa shape index (κ1) is 15.6. The van der Waals surface area contributed by atoms with E-state index in [0.717, 1.165) is 0 Å². The quantitative estimate of drug-likeness (QED) is 0.900. The van der Waals surface area contributed by atoms with Crippen molar-refractivity contribution in [2.75, 3.05) is 13.6 Å². The minimum Gasteiger partial charge on any atom is -0.481 e. The van der Waals surface area contributed by atoms with Crippen molar-refractivity contribution in [2.24, 2.45) is 5.92 Å². The zero-order valence-electron chi connectivity index (χ0n) is 10.7. The van der Waals surface area contributed by atoms with Gasteiger partial charge in [-0.2, -0.15) is 0 Å². The molecule has 104 valence electrons. The number of carbonyl (C=O) groups excluding carboxylic acids is 1. The number of benzene rings is 1. The normalized spacial score (nSPS) is 12.0. The van der Waals surface area contributed by atoms with Crippen molar-refractivity contribution >= 4 is 27.8 Å². The molecule has 0 fully saturated rings. The Labute approximate surface area is 119 Å². The third-order valence-electron chi connectivity index (χ3n) is 2.73. The van der Waals surface area contributed by atoms with Gasteiger partial charge in [-0.25, -0.2) is 4.39 Å². The summed E-state index contributed by atoms with van der Waals surface area (Å²) in [4.78, 5) is 24.0. The van der Waals surface area contributed by atoms with Gasteiger partial charge in [0.2, 0.25) is 5.91 Å². The second-order valence-electron chi connectivity index (χ2n) is 4.44. The number of carboxylic acid groups (broad SMARTS) is 1. The molecule has 1 aromatic rings. The van der Waals surface area contributed by atoms with Crippen LogP contribution in [0.5, 0.6) is 0 Å². The third-order valence-corrected chi connectivity index (χ3v) is 3.34. The van der Waals surface area contributed by atoms with Gasteiger partial charge in [0.1, 0.15) is 5.82 Å². The lowest BCUT2D eigenvalue weighted by Crippen LogP contribution is -2.34. The first-order chi connectivity index (χ1) is 8.81. The number of carboxylic acids is 1. The van der Waals surface area contributed by atoms with Crippen LogP contribution in [0.3, 0.4) is 0 Å². The minimum absolute atomic E-state index is 0.113. The van der Waals surface area contributed by atoms with Crippen molar-refractivity contribution in [1.82, 2.24) is 4.90 Å². The van der Waals surface area contributed by atoms with Crippen LogP contribution in [-0.4, -0.2) is 35.5 Å². The maximum atomic E-state index is 13.0. The van der Waals surface area contributed by atoms with Crippen molar-refractivity contribution in [3.8, 4) is 0 Å². The Kier molecular flexibility index (Phi) is 5.47. The van der Waals surface area contributed by atoms with E-state index in [4.69, 9.17) is 5.11 Å². The summed E-state index contributed by atoms with van der Waals surface area (Å²) < 4.78 is 13.4. The van der Waals surface area contributed by atoms with Crippen LogP contribution in [0.1, 0.15) is 12.5 Å². The summed E-state index contributed by atoms with van der Waals surface area (Å²) >= 11 is 3.05. The number of hydrogen-bond donors (Lipinski definition) is 1. The molecule has 0 aliphatic rings. The lowest BCUT2D eigenvalue weighted by Gasteiger charge is -2.19. The van der Waals surface area contributed by atoms with Gasteiger partial charge in [0.25, 0.3) is 0 Å². The van der Waals surface area contributed by atoms with E-state index >= 15 is 0 Å². The SMILES string of the molecule is CC(CN(C)C(=O)Cc1ccc(F)c(Br)c1)C(=O)O. The van der Waals surface area contributed by atoms with E-state index < -0.39 is 11.9 Å². The Hall–Kier alpha value is -1.43. The molecular formula is C13H15BrFNO3. The van der Waals surface area contributed by atoms with Crippen LogP contribution in [0.2, 0.25) is 0 Å². The van der Waals surface area contributed by atoms with Crippen LogP contribution < -0.4 is 0 Å². The van der Waals surface area contributed by atoms with E-state index in [1.807, 2.05) is 0 Å². The molecule has 4 nitrogen and oxygen atoms in total. The van der Waals surface area contributed by atoms with E-state index in [0.29, 0.717) is 10.0 Å². The number of likely N-dealkylation sites (N-methyl/N-ethyl adjacent to an activating group) is 1. The number of aliphatic carboxylic acids is 1. The highest BCUT2D eigenvalue weighted by molar-refractivity contribution is 9.10. The molecule has 0 aliphatic carbocycles. The van der Waals surface area contributed by atoms with Crippen LogP contribution in [0.4, 0.5) is 4.39 Å². The highest BCUT2D eigenvalue weighted by Gasteiger charge is 2.17. The van der Waals surface area contributed by atoms with Gasteiger partial charge in [-0.05, 0) is 33.6 Å². The molecule has 0 saturated heterocycles. The van der Waals surface area contributed by atoms with Gasteiger partial charge in [0, 0.05) is 13.6 Å². The number of halogens is 2. The van der Waals surface area contributed by atoms with Gasteiger partial charge in [0.15, 0.2) is 0 Å². The standard InChI is InChI=1S/C13H15BrFNO3/c1-8(13(18)19)7-16(2)12(17)6-9-3-4-11(15)10(14)5-9/h3-5,8H,6-7H2,1-2H3,(H,18,19). The van der Waals surface area contributed by atoms with Crippen molar-refractivity contribution in [3.05, 3.63) is 34.1 Å². The van der Waals surface area contributed by atoms with E-state index in [-0.39, 0.29) is 24.7 Å². The van der Waals surface area contributed by atoms with Gasteiger partial charge in [-0.15, -0.1) is 0 Å². The van der Waals surface area contributed by atoms with Crippen molar-refractivity contribution in [1.29, 1.82) is 0 Å². The first-order valence-electron chi connectivity index (χ1n) is 5.72. The molecule has 1 aromatic carbocycles. The molecule has 0 bridgehead atoms. The van der Waals surface area contributed by atoms with Crippen LogP contribution in [-0.2, 0) is 16.0 Å². The van der Waals surface area contributed by atoms with Crippen LogP contribution >= 0.6 is 15.9 Å². The molecule has 0 radical (unpaired) electrons. The largest absolute Gasteiger partial charge is 0.481 e. The summed E-state index contributed by atoms with van der Waals surface area (Å²) in [5, 5.41) is 8.78. The van der Waals surface area contributed by atoms with E-state index in [1.54, 1.807) is 20.0 Å². The molecule has 6 heteroatoms. The molecule has 0 aliphatic heterocycles. The van der Waals surface area contributed by atoms with Gasteiger partial charge in [-0.3, -0.25) is 9.59 Å². The summed E-state index contributed by atoms with van der Waals surface area (Å²) in [5.41, 5.74) is 0.674. The lowest BCUT2D eigenvalue weighted by molar-refractivity contribution is -0.142. The Balaban J connectivity index is 2.63. The van der Waals surface area contributed by atoms with Crippen LogP contribution in [0.25, 0.3) is 0 Å². The molecular weight excluding hydrogens is 317 g/mol. The van der Waals surface area contributed by atoms with Gasteiger partial charge < -0.3 is 10.0 Å². The molecule has 0 saturated carbocycles. The third kappa shape index (κ3) is 4.63. The second-order valence-corrected chi connectivity index (χ2v) is 5.29. The summed E-state index contributed by atoms with van der Waals surface area (Å²) in [5.74, 6) is -2.14. The average Bonchev–Trinajstić information content (AvgIpc) is 2.33. The first-order valence-corrected chi connectivity index (χ1v) is 6.51. The number of rotatable bonds is 5. The summed E-state index contributed by atoms with van der Waals surface area (Å²) in [6.45, 7) is 1.69. The zero-order chi connectivity index (χ0) is 14.6. The Morgan fingerprint density at radius 3 is 2.63 bits per heavy atom. The molecule has 1 amide bonds. The Bertz CT molecular complexity index is 493. The summed E-state index contributed by atoms with van der Waals surface area (Å²) in [6.07, 6.45) is 0.113. The zero-order valence-corrected chi connectivity index (χ0v) is 12.3. The van der Waals surface area contributed by atoms with Crippen LogP contribution in [0.15, 0.2) is 22.7 Å². The average molecular weight is 332 g/mol. The van der Waals surface area contributed by atoms with E-state index in [1.165, 1.54) is 17.0 Å². The number of amides is 1. The monoisotopic (exact) mass is 331 g/mol. The molecule has 0 aromatic heterocycles. The highest BCUT2D eigenvalue weighted by atomic mass is 79.9. The number of carbonyl (C=O) groups is 2. The topological polar surface area (TPSA) is 57.6 Å². The smallest absolute Gasteiger partial charge is 0.308 e. The van der Waals surface area contributed by atoms with Gasteiger partial charge in [-0.1, -0.05) is 13.0 Å². The molecule has 1 atom stereocenters. The lowest BCUT2D eigenvalue weighted by atomic mass is 10.1. The Morgan fingerprint density at radius 1 is 1.47 bits per heavy atom. The summed E-state index contributed by atoms with van der Waals surface area (Å²) in [6, 6.07) is 4.36. The fourth-order valence-electron chi connectivity index (χ4n) is 1.55. The molecule has 19 heavy (non-hydrogen) atoms. The molecule has 0 heterocycles. The number of hydrogen-bond acceptors (Lipinski definition) is 2. The fraction of sp³-hybridized carbons (Fsp3) is 0.385. The van der Waals surface area contributed by atoms with Crippen molar-refractivity contribution < 1.29 is 19.1 Å². The Morgan fingerprint density at radius 2 is 2.11 bits per heavy atom. The highest BCUT2D eigenvalue weighted by Crippen LogP contribution is 2.17. The van der Waals surface area contributed by atoms with Crippen molar-refractivity contribution in [2.45, 2.75) is 13.3 Å². The van der Waals surface area contributed by atoms with Crippen molar-refractivity contribution in [3.63, 3.8) is 0 Å². The predicted molar refractivity (Wildman–Crippen MR) is 72.2 cm³/mol. The second kappa shape index (κ2) is 6.65. The maximum Gasteiger partial charge on any atom is 0.308 e. The van der Waals surface area contributed by atoms with Crippen LogP contribution in [0, 0.1) is 11.7 Å². The van der Waals surface area contributed by atoms with Gasteiger partial charge >= 0.3 is 5.97 Å². The molecule has 1 unspecified atom stereocenters. The summed E-state index contributed by atoms with van der Waals surface area (Å²) in [7, 11) is 1.56. The van der Waals surface area contributed by atoms with E-state index in [2.05, 4.69) is 15.9 Å². The maximum absolute atomic E-state index is 13.0. The fourth-order valence-corrected chi connectivity index (χ4v) is 1.98. The number of nitrogens with zero attached hydrogens (tertiary/aromatic N) is 1. The molecule has 1 N–H and O–H groups in total. The predicted octanol–water partition coefficient (Wildman–Crippen LogP) is 2.31. The minimum atomic E-state index is -0.941. The molecule has 0 spiro atoms. The van der Waals surface area contributed by atoms with E-state index in [9.17, 15) is 14.0 Å². The van der Waals surface area contributed by atoms with Gasteiger partial charge in [0.05, 0.1) is 16.8 Å².